The highest BCUT2D eigenvalue weighted by molar-refractivity contribution is 6.32. The van der Waals surface area contributed by atoms with Gasteiger partial charge in [-0.05, 0) is 37.8 Å². The predicted molar refractivity (Wildman–Crippen MR) is 86.1 cm³/mol. The Labute approximate surface area is 144 Å². The molecule has 1 saturated heterocycles. The van der Waals surface area contributed by atoms with Crippen molar-refractivity contribution in [3.05, 3.63) is 28.0 Å². The fourth-order valence-corrected chi connectivity index (χ4v) is 3.10. The molecule has 7 heteroatoms. The molecular formula is C16H18Cl2N2O3. The van der Waals surface area contributed by atoms with Crippen LogP contribution in [-0.2, 0) is 20.9 Å². The summed E-state index contributed by atoms with van der Waals surface area (Å²) in [6.45, 7) is 1.18. The molecule has 3 rings (SSSR count). The summed E-state index contributed by atoms with van der Waals surface area (Å²) in [4.78, 5) is 30.2. The van der Waals surface area contributed by atoms with Gasteiger partial charge in [0.2, 0.25) is 5.91 Å². The number of hydrogen-bond donors (Lipinski definition) is 0. The lowest BCUT2D eigenvalue weighted by molar-refractivity contribution is -0.153. The molecule has 0 spiro atoms. The van der Waals surface area contributed by atoms with Gasteiger partial charge in [-0.1, -0.05) is 23.2 Å². The van der Waals surface area contributed by atoms with Gasteiger partial charge in [0.25, 0.3) is 0 Å². The number of ether oxygens (including phenoxy) is 1. The molecule has 0 aromatic carbocycles. The van der Waals surface area contributed by atoms with Crippen LogP contribution < -0.4 is 0 Å². The van der Waals surface area contributed by atoms with Crippen LogP contribution in [0.3, 0.4) is 0 Å². The number of aromatic nitrogens is 1. The van der Waals surface area contributed by atoms with Crippen LogP contribution in [0.1, 0.15) is 31.4 Å². The van der Waals surface area contributed by atoms with Gasteiger partial charge in [-0.3, -0.25) is 9.59 Å². The number of nitrogens with zero attached hydrogens (tertiary/aromatic N) is 2. The Morgan fingerprint density at radius 3 is 2.74 bits per heavy atom. The third kappa shape index (κ3) is 4.15. The molecule has 23 heavy (non-hydrogen) atoms. The average Bonchev–Trinajstić information content (AvgIpc) is 3.40. The van der Waals surface area contributed by atoms with Crippen LogP contribution in [0.5, 0.6) is 0 Å². The van der Waals surface area contributed by atoms with Crippen molar-refractivity contribution in [3.8, 4) is 0 Å². The first kappa shape index (κ1) is 16.5. The van der Waals surface area contributed by atoms with Gasteiger partial charge in [0.1, 0.15) is 11.8 Å². The quantitative estimate of drug-likeness (QED) is 0.614. The Hall–Kier alpha value is -1.33. The van der Waals surface area contributed by atoms with Crippen molar-refractivity contribution in [2.45, 2.75) is 32.3 Å². The normalized spacial score (nSPS) is 21.1. The van der Waals surface area contributed by atoms with E-state index in [0.717, 1.165) is 32.2 Å². The van der Waals surface area contributed by atoms with Gasteiger partial charge < -0.3 is 9.64 Å². The Bertz CT molecular complexity index is 619. The highest BCUT2D eigenvalue weighted by Gasteiger charge is 2.37. The van der Waals surface area contributed by atoms with Gasteiger partial charge in [-0.15, -0.1) is 0 Å². The van der Waals surface area contributed by atoms with Crippen molar-refractivity contribution in [1.29, 1.82) is 0 Å². The van der Waals surface area contributed by atoms with Crippen molar-refractivity contribution in [1.82, 2.24) is 9.88 Å². The number of carbonyl (C=O) groups is 2. The summed E-state index contributed by atoms with van der Waals surface area (Å²) in [5.74, 6) is -0.221. The first-order chi connectivity index (χ1) is 11.0. The van der Waals surface area contributed by atoms with Crippen molar-refractivity contribution in [2.75, 3.05) is 13.1 Å². The van der Waals surface area contributed by atoms with E-state index in [1.54, 1.807) is 17.0 Å². The largest absolute Gasteiger partial charge is 0.459 e. The Balaban J connectivity index is 1.55. The van der Waals surface area contributed by atoms with E-state index >= 15 is 0 Å². The smallest absolute Gasteiger partial charge is 0.311 e. The summed E-state index contributed by atoms with van der Waals surface area (Å²) in [7, 11) is 0. The summed E-state index contributed by atoms with van der Waals surface area (Å²) in [6.07, 6.45) is 3.52. The van der Waals surface area contributed by atoms with Gasteiger partial charge in [0.05, 0.1) is 16.6 Å². The molecule has 1 atom stereocenters. The zero-order valence-corrected chi connectivity index (χ0v) is 14.1. The number of halogens is 2. The van der Waals surface area contributed by atoms with Crippen molar-refractivity contribution in [3.63, 3.8) is 0 Å². The Morgan fingerprint density at radius 2 is 2.00 bits per heavy atom. The fraction of sp³-hybridized carbons (Fsp3) is 0.562. The first-order valence-electron chi connectivity index (χ1n) is 7.81. The molecule has 0 bridgehead atoms. The number of amides is 1. The van der Waals surface area contributed by atoms with E-state index in [0.29, 0.717) is 22.4 Å². The van der Waals surface area contributed by atoms with E-state index in [-0.39, 0.29) is 30.3 Å². The molecule has 1 unspecified atom stereocenters. The Morgan fingerprint density at radius 1 is 1.22 bits per heavy atom. The van der Waals surface area contributed by atoms with Crippen LogP contribution in [0.2, 0.25) is 10.2 Å². The summed E-state index contributed by atoms with van der Waals surface area (Å²) in [6, 6.07) is 3.20. The zero-order valence-electron chi connectivity index (χ0n) is 12.6. The van der Waals surface area contributed by atoms with Gasteiger partial charge in [0, 0.05) is 19.0 Å². The summed E-state index contributed by atoms with van der Waals surface area (Å²) in [5.41, 5.74) is 0.439. The minimum Gasteiger partial charge on any atom is -0.459 e. The third-order valence-electron chi connectivity index (χ3n) is 4.23. The summed E-state index contributed by atoms with van der Waals surface area (Å²) in [5, 5.41) is 0.718. The second-order valence-corrected chi connectivity index (χ2v) is 6.86. The number of hydrogen-bond acceptors (Lipinski definition) is 4. The van der Waals surface area contributed by atoms with Crippen molar-refractivity contribution < 1.29 is 14.3 Å². The van der Waals surface area contributed by atoms with E-state index in [1.165, 1.54) is 0 Å². The molecule has 5 nitrogen and oxygen atoms in total. The molecule has 1 aliphatic heterocycles. The maximum atomic E-state index is 12.3. The van der Waals surface area contributed by atoms with Crippen LogP contribution >= 0.6 is 23.2 Å². The van der Waals surface area contributed by atoms with Gasteiger partial charge in [0.15, 0.2) is 0 Å². The topological polar surface area (TPSA) is 59.5 Å². The molecule has 1 aromatic heterocycles. The van der Waals surface area contributed by atoms with E-state index in [9.17, 15) is 9.59 Å². The van der Waals surface area contributed by atoms with Crippen LogP contribution in [0.25, 0.3) is 0 Å². The molecule has 1 saturated carbocycles. The maximum Gasteiger partial charge on any atom is 0.311 e. The lowest BCUT2D eigenvalue weighted by Gasteiger charge is -2.31. The van der Waals surface area contributed by atoms with Crippen LogP contribution in [0, 0.1) is 11.8 Å². The minimum atomic E-state index is -0.309. The monoisotopic (exact) mass is 356 g/mol. The molecule has 0 N–H and O–H groups in total. The summed E-state index contributed by atoms with van der Waals surface area (Å²) >= 11 is 11.8. The maximum absolute atomic E-state index is 12.3. The third-order valence-corrected chi connectivity index (χ3v) is 4.78. The molecule has 2 heterocycles. The first-order valence-corrected chi connectivity index (χ1v) is 8.56. The van der Waals surface area contributed by atoms with E-state index in [1.807, 2.05) is 0 Å². The van der Waals surface area contributed by atoms with Crippen molar-refractivity contribution >= 4 is 35.1 Å². The molecule has 1 aliphatic carbocycles. The highest BCUT2D eigenvalue weighted by Crippen LogP contribution is 2.32. The zero-order chi connectivity index (χ0) is 16.4. The van der Waals surface area contributed by atoms with Gasteiger partial charge in [-0.25, -0.2) is 4.98 Å². The number of carbonyl (C=O) groups excluding carboxylic acids is 2. The predicted octanol–water partition coefficient (Wildman–Crippen LogP) is 3.08. The SMILES string of the molecule is O=C(OCc1nc(Cl)ccc1Cl)C1CCCN(C(=O)C2CC2)C1. The average molecular weight is 357 g/mol. The van der Waals surface area contributed by atoms with E-state index in [4.69, 9.17) is 27.9 Å². The second kappa shape index (κ2) is 7.05. The van der Waals surface area contributed by atoms with Gasteiger partial charge >= 0.3 is 5.97 Å². The molecule has 124 valence electrons. The molecular weight excluding hydrogens is 339 g/mol. The standard InChI is InChI=1S/C16H18Cl2N2O3/c17-12-5-6-14(18)19-13(12)9-23-16(22)11-2-1-7-20(8-11)15(21)10-3-4-10/h5-6,10-11H,1-4,7-9H2. The fourth-order valence-electron chi connectivity index (χ4n) is 2.77. The number of piperidine rings is 1. The molecule has 2 aliphatic rings. The Kier molecular flexibility index (Phi) is 5.07. The van der Waals surface area contributed by atoms with Crippen LogP contribution in [0.4, 0.5) is 0 Å². The number of esters is 1. The minimum absolute atomic E-state index is 0.00863. The number of pyridine rings is 1. The lowest BCUT2D eigenvalue weighted by Crippen LogP contribution is -2.43. The van der Waals surface area contributed by atoms with Crippen LogP contribution in [-0.4, -0.2) is 34.8 Å². The summed E-state index contributed by atoms with van der Waals surface area (Å²) < 4.78 is 5.33. The number of likely N-dealkylation sites (tertiary alicyclic amines) is 1. The van der Waals surface area contributed by atoms with E-state index < -0.39 is 0 Å². The van der Waals surface area contributed by atoms with E-state index in [2.05, 4.69) is 4.98 Å². The van der Waals surface area contributed by atoms with Gasteiger partial charge in [-0.2, -0.15) is 0 Å². The second-order valence-electron chi connectivity index (χ2n) is 6.07. The molecule has 2 fully saturated rings. The van der Waals surface area contributed by atoms with Crippen LogP contribution in [0.15, 0.2) is 12.1 Å². The highest BCUT2D eigenvalue weighted by atomic mass is 35.5. The molecule has 1 amide bonds. The lowest BCUT2D eigenvalue weighted by atomic mass is 9.98. The van der Waals surface area contributed by atoms with Crippen molar-refractivity contribution in [2.24, 2.45) is 11.8 Å². The molecule has 0 radical (unpaired) electrons. The number of rotatable bonds is 4. The molecule has 1 aromatic rings.